The molecule has 4 heterocycles. The van der Waals surface area contributed by atoms with Crippen LogP contribution in [0.1, 0.15) is 98.0 Å². The van der Waals surface area contributed by atoms with Gasteiger partial charge in [0, 0.05) is 29.7 Å². The van der Waals surface area contributed by atoms with Gasteiger partial charge in [-0.3, -0.25) is 4.98 Å². The van der Waals surface area contributed by atoms with Gasteiger partial charge in [0.25, 0.3) is 0 Å². The van der Waals surface area contributed by atoms with Gasteiger partial charge in [-0.05, 0) is 101 Å². The van der Waals surface area contributed by atoms with Crippen molar-refractivity contribution in [2.45, 2.75) is 116 Å². The molecule has 1 saturated heterocycles. The number of benzene rings is 1. The van der Waals surface area contributed by atoms with E-state index in [1.54, 1.807) is 0 Å². The van der Waals surface area contributed by atoms with Crippen molar-refractivity contribution < 1.29 is 8.63 Å². The molecule has 1 aliphatic rings. The Morgan fingerprint density at radius 2 is 1.70 bits per heavy atom. The summed E-state index contributed by atoms with van der Waals surface area (Å²) in [5.41, 5.74) is 5.93. The van der Waals surface area contributed by atoms with Crippen molar-refractivity contribution in [3.8, 4) is 17.1 Å². The summed E-state index contributed by atoms with van der Waals surface area (Å²) < 4.78 is 24.6. The Morgan fingerprint density at radius 1 is 0.979 bits per heavy atom. The fourth-order valence-electron chi connectivity index (χ4n) is 5.64. The molecule has 47 heavy (non-hydrogen) atoms. The van der Waals surface area contributed by atoms with E-state index < -0.39 is 19.3 Å². The van der Waals surface area contributed by atoms with Crippen LogP contribution in [-0.2, 0) is 22.0 Å². The van der Waals surface area contributed by atoms with E-state index in [1.807, 2.05) is 55.9 Å². The summed E-state index contributed by atoms with van der Waals surface area (Å²) in [4.78, 5) is 12.7. The largest absolute Gasteiger partial charge is 0.411 e. The van der Waals surface area contributed by atoms with Gasteiger partial charge in [0.1, 0.15) is 0 Å². The number of aromatic nitrogens is 4. The molecule has 0 bridgehead atoms. The average molecular weight is 675 g/mol. The predicted octanol–water partition coefficient (Wildman–Crippen LogP) is 8.89. The Morgan fingerprint density at radius 3 is 2.38 bits per heavy atom. The summed E-state index contributed by atoms with van der Waals surface area (Å²) in [5.74, 6) is 0.775. The zero-order valence-electron chi connectivity index (χ0n) is 29.9. The molecule has 1 fully saturated rings. The first-order chi connectivity index (χ1) is 22.2. The highest BCUT2D eigenvalue weighted by molar-refractivity contribution is 7.84. The normalized spacial score (nSPS) is 16.1. The maximum atomic E-state index is 13.1. The number of nitrogens with one attached hydrogen (secondary N) is 1. The minimum absolute atomic E-state index is 0.101. The minimum Gasteiger partial charge on any atom is -0.411 e. The van der Waals surface area contributed by atoms with Crippen LogP contribution in [0.4, 0.5) is 5.69 Å². The number of piperidine rings is 1. The molecule has 5 rings (SSSR count). The third kappa shape index (κ3) is 8.21. The Bertz CT molecular complexity index is 1700. The first kappa shape index (κ1) is 35.4. The number of rotatable bonds is 11. The highest BCUT2D eigenvalue weighted by Gasteiger charge is 2.37. The summed E-state index contributed by atoms with van der Waals surface area (Å²) in [6, 6.07) is 16.7. The molecular weight excluding hydrogens is 621 g/mol. The van der Waals surface area contributed by atoms with Crippen molar-refractivity contribution >= 4 is 35.9 Å². The Labute approximate surface area is 285 Å². The lowest BCUT2D eigenvalue weighted by Gasteiger charge is -2.36. The summed E-state index contributed by atoms with van der Waals surface area (Å²) >= 11 is 0. The smallest absolute Gasteiger partial charge is 0.192 e. The van der Waals surface area contributed by atoms with Crippen LogP contribution in [0.2, 0.25) is 18.1 Å². The van der Waals surface area contributed by atoms with E-state index in [-0.39, 0.29) is 15.8 Å². The standard InChI is InChI=1S/C37H54N6O2SSi/c1-10-16-32(41-46(44)36(2,3)4)31-19-15-18-30(40-31)27-23-33(42-21-12-11-13-22-42)29-25-38-43(34(29)24-27)35-20-14-17-28(39-35)26-45-47(8,9)37(5,6)7/h14-15,17-20,23-25,32,41H,10-13,16,21-22,26H2,1-9H3/t32-,46+/m0/s1. The predicted molar refractivity (Wildman–Crippen MR) is 199 cm³/mol. The molecule has 2 atom stereocenters. The number of fused-ring (bicyclic) bond motifs is 1. The van der Waals surface area contributed by atoms with Gasteiger partial charge in [-0.15, -0.1) is 0 Å². The molecule has 0 saturated carbocycles. The third-order valence-corrected chi connectivity index (χ3v) is 15.7. The topological polar surface area (TPSA) is 85.2 Å². The van der Waals surface area contributed by atoms with Crippen LogP contribution in [0.3, 0.4) is 0 Å². The van der Waals surface area contributed by atoms with Crippen LogP contribution in [0, 0.1) is 0 Å². The fourth-order valence-corrected chi connectivity index (χ4v) is 7.43. The van der Waals surface area contributed by atoms with Crippen LogP contribution in [0.25, 0.3) is 28.0 Å². The summed E-state index contributed by atoms with van der Waals surface area (Å²) in [5, 5.41) is 6.15. The number of hydrogen-bond donors (Lipinski definition) is 1. The molecule has 1 aromatic carbocycles. The Balaban J connectivity index is 1.56. The molecule has 0 amide bonds. The van der Waals surface area contributed by atoms with E-state index in [4.69, 9.17) is 19.5 Å². The lowest BCUT2D eigenvalue weighted by atomic mass is 10.0. The van der Waals surface area contributed by atoms with Gasteiger partial charge in [0.15, 0.2) is 14.1 Å². The van der Waals surface area contributed by atoms with Crippen molar-refractivity contribution in [1.29, 1.82) is 0 Å². The van der Waals surface area contributed by atoms with Gasteiger partial charge in [0.2, 0.25) is 0 Å². The van der Waals surface area contributed by atoms with Crippen molar-refractivity contribution in [2.75, 3.05) is 18.0 Å². The first-order valence-corrected chi connectivity index (χ1v) is 21.3. The first-order valence-electron chi connectivity index (χ1n) is 17.2. The molecule has 1 aliphatic heterocycles. The van der Waals surface area contributed by atoms with Gasteiger partial charge in [-0.25, -0.2) is 18.6 Å². The number of pyridine rings is 2. The maximum Gasteiger partial charge on any atom is 0.192 e. The zero-order valence-corrected chi connectivity index (χ0v) is 31.7. The van der Waals surface area contributed by atoms with Crippen LogP contribution in [-0.4, -0.2) is 50.1 Å². The SMILES string of the molecule is CCC[C@H](N[S@](=O)C(C)(C)C)c1cccc(-c2cc(N3CCCCC3)c3cnn(-c4cccc(CO[Si](C)(C)C(C)(C)C)n4)c3c2)n1. The van der Waals surface area contributed by atoms with E-state index in [9.17, 15) is 4.21 Å². The van der Waals surface area contributed by atoms with Crippen LogP contribution in [0.5, 0.6) is 0 Å². The number of hydrogen-bond acceptors (Lipinski definition) is 6. The van der Waals surface area contributed by atoms with Crippen LogP contribution < -0.4 is 9.62 Å². The second kappa shape index (κ2) is 14.3. The number of anilines is 1. The highest BCUT2D eigenvalue weighted by Crippen LogP contribution is 2.38. The molecule has 1 N–H and O–H groups in total. The summed E-state index contributed by atoms with van der Waals surface area (Å²) in [6.07, 6.45) is 7.42. The highest BCUT2D eigenvalue weighted by atomic mass is 32.2. The molecule has 0 aliphatic carbocycles. The van der Waals surface area contributed by atoms with Gasteiger partial charge >= 0.3 is 0 Å². The van der Waals surface area contributed by atoms with Crippen molar-refractivity contribution in [2.24, 2.45) is 0 Å². The zero-order chi connectivity index (χ0) is 34.0. The number of nitrogens with zero attached hydrogens (tertiary/aromatic N) is 5. The molecule has 4 aromatic rings. The molecule has 0 spiro atoms. The Hall–Kier alpha value is -2.92. The molecular formula is C37H54N6O2SSi. The lowest BCUT2D eigenvalue weighted by Crippen LogP contribution is -2.40. The minimum atomic E-state index is -1.92. The lowest BCUT2D eigenvalue weighted by molar-refractivity contribution is 0.272. The van der Waals surface area contributed by atoms with E-state index >= 15 is 0 Å². The van der Waals surface area contributed by atoms with Crippen LogP contribution in [0.15, 0.2) is 54.7 Å². The molecule has 0 radical (unpaired) electrons. The molecule has 0 unspecified atom stereocenters. The van der Waals surface area contributed by atoms with Gasteiger partial charge < -0.3 is 9.33 Å². The summed E-state index contributed by atoms with van der Waals surface area (Å²) in [7, 11) is -3.12. The van der Waals surface area contributed by atoms with Gasteiger partial charge in [-0.2, -0.15) is 5.10 Å². The van der Waals surface area contributed by atoms with Crippen molar-refractivity contribution in [1.82, 2.24) is 24.5 Å². The summed E-state index contributed by atoms with van der Waals surface area (Å²) in [6.45, 7) is 22.0. The van der Waals surface area contributed by atoms with Crippen molar-refractivity contribution in [3.63, 3.8) is 0 Å². The van der Waals surface area contributed by atoms with Crippen molar-refractivity contribution in [3.05, 3.63) is 66.1 Å². The maximum absolute atomic E-state index is 13.1. The molecule has 10 heteroatoms. The monoisotopic (exact) mass is 674 g/mol. The van der Waals surface area contributed by atoms with E-state index in [2.05, 4.69) is 74.7 Å². The fraction of sp³-hybridized carbons (Fsp3) is 0.541. The Kier molecular flexibility index (Phi) is 10.8. The second-order valence-corrected chi connectivity index (χ2v) is 22.2. The molecule has 3 aromatic heterocycles. The van der Waals surface area contributed by atoms with Gasteiger partial charge in [0.05, 0.1) is 57.2 Å². The van der Waals surface area contributed by atoms with E-state index in [0.717, 1.165) is 65.3 Å². The average Bonchev–Trinajstić information content (AvgIpc) is 3.47. The third-order valence-electron chi connectivity index (χ3n) is 9.57. The van der Waals surface area contributed by atoms with E-state index in [1.165, 1.54) is 24.9 Å². The molecule has 8 nitrogen and oxygen atoms in total. The van der Waals surface area contributed by atoms with Gasteiger partial charge in [-0.1, -0.05) is 46.2 Å². The second-order valence-electron chi connectivity index (χ2n) is 15.4. The van der Waals surface area contributed by atoms with E-state index in [0.29, 0.717) is 6.61 Å². The quantitative estimate of drug-likeness (QED) is 0.160. The molecule has 254 valence electrons. The van der Waals surface area contributed by atoms with Crippen LogP contribution >= 0.6 is 0 Å².